The van der Waals surface area contributed by atoms with Crippen LogP contribution in [0.25, 0.3) is 0 Å². The maximum atomic E-state index is 13.0. The second kappa shape index (κ2) is 3.93. The van der Waals surface area contributed by atoms with Gasteiger partial charge in [-0.25, -0.2) is 4.79 Å². The van der Waals surface area contributed by atoms with Gasteiger partial charge in [-0.05, 0) is 26.7 Å². The molecular formula is C11H15F2NO2. The molecule has 0 atom stereocenters. The highest BCUT2D eigenvalue weighted by Gasteiger charge is 2.47. The van der Waals surface area contributed by atoms with Crippen molar-refractivity contribution >= 4 is 6.09 Å². The van der Waals surface area contributed by atoms with Crippen LogP contribution in [-0.4, -0.2) is 35.6 Å². The first-order valence-electron chi connectivity index (χ1n) is 4.99. The van der Waals surface area contributed by atoms with Crippen molar-refractivity contribution in [1.29, 1.82) is 0 Å². The molecule has 0 aromatic carbocycles. The lowest BCUT2D eigenvalue weighted by Gasteiger charge is -2.41. The monoisotopic (exact) mass is 231 g/mol. The molecule has 1 fully saturated rings. The first-order chi connectivity index (χ1) is 7.15. The lowest BCUT2D eigenvalue weighted by atomic mass is 9.94. The fraction of sp³-hybridized carbons (Fsp3) is 0.727. The fourth-order valence-electron chi connectivity index (χ4n) is 1.30. The third-order valence-corrected chi connectivity index (χ3v) is 2.24. The molecule has 0 bridgehead atoms. The van der Waals surface area contributed by atoms with E-state index in [9.17, 15) is 13.6 Å². The highest BCUT2D eigenvalue weighted by molar-refractivity contribution is 5.69. The molecule has 1 aliphatic heterocycles. The molecule has 1 heterocycles. The summed E-state index contributed by atoms with van der Waals surface area (Å²) in [4.78, 5) is 12.6. The third kappa shape index (κ3) is 2.84. The van der Waals surface area contributed by atoms with E-state index in [4.69, 9.17) is 11.2 Å². The normalized spacial score (nSPS) is 17.6. The van der Waals surface area contributed by atoms with Crippen molar-refractivity contribution in [3.63, 3.8) is 0 Å². The van der Waals surface area contributed by atoms with Crippen molar-refractivity contribution in [2.45, 2.75) is 32.3 Å². The average Bonchev–Trinajstić information content (AvgIpc) is 1.96. The first-order valence-corrected chi connectivity index (χ1v) is 4.99. The van der Waals surface area contributed by atoms with E-state index in [1.165, 1.54) is 10.8 Å². The number of rotatable bonds is 1. The summed E-state index contributed by atoms with van der Waals surface area (Å²) in [5.41, 5.74) is -0.614. The smallest absolute Gasteiger partial charge is 0.410 e. The second-order valence-electron chi connectivity index (χ2n) is 4.85. The molecule has 1 saturated heterocycles. The predicted octanol–water partition coefficient (Wildman–Crippen LogP) is 2.12. The fourth-order valence-corrected chi connectivity index (χ4v) is 1.30. The van der Waals surface area contributed by atoms with Crippen LogP contribution in [-0.2, 0) is 4.74 Å². The van der Waals surface area contributed by atoms with Gasteiger partial charge in [0.15, 0.2) is 0 Å². The molecule has 1 amide bonds. The number of terminal acetylenes is 1. The predicted molar refractivity (Wildman–Crippen MR) is 55.1 cm³/mol. The number of likely N-dealkylation sites (tertiary alicyclic amines) is 1. The van der Waals surface area contributed by atoms with E-state index in [1.807, 2.05) is 0 Å². The molecule has 1 aliphatic rings. The minimum absolute atomic E-state index is 0.0495. The summed E-state index contributed by atoms with van der Waals surface area (Å²) in [5.74, 6) is -2.66. The van der Waals surface area contributed by atoms with E-state index in [0.29, 0.717) is 0 Å². The van der Waals surface area contributed by atoms with Crippen LogP contribution in [0.4, 0.5) is 13.6 Å². The van der Waals surface area contributed by atoms with E-state index in [2.05, 4.69) is 0 Å². The van der Waals surface area contributed by atoms with Gasteiger partial charge in [0, 0.05) is 13.1 Å². The molecule has 0 unspecified atom stereocenters. The highest BCUT2D eigenvalue weighted by Crippen LogP contribution is 2.32. The average molecular weight is 231 g/mol. The number of carbonyl (C=O) groups excluding carboxylic acids is 1. The summed E-state index contributed by atoms with van der Waals surface area (Å²) < 4.78 is 30.9. The first kappa shape index (κ1) is 12.8. The summed E-state index contributed by atoms with van der Waals surface area (Å²) in [6.45, 7) is 5.06. The van der Waals surface area contributed by atoms with Gasteiger partial charge in [-0.2, -0.15) is 8.78 Å². The Labute approximate surface area is 93.7 Å². The quantitative estimate of drug-likeness (QED) is 0.647. The van der Waals surface area contributed by atoms with E-state index >= 15 is 0 Å². The molecule has 0 aliphatic carbocycles. The van der Waals surface area contributed by atoms with Crippen LogP contribution in [0.2, 0.25) is 0 Å². The topological polar surface area (TPSA) is 29.5 Å². The Morgan fingerprint density at radius 3 is 2.31 bits per heavy atom. The number of amides is 1. The Morgan fingerprint density at radius 2 is 1.94 bits per heavy atom. The molecule has 0 saturated carbocycles. The third-order valence-electron chi connectivity index (χ3n) is 2.24. The maximum Gasteiger partial charge on any atom is 0.410 e. The van der Waals surface area contributed by atoms with Gasteiger partial charge in [-0.3, -0.25) is 0 Å². The molecule has 3 nitrogen and oxygen atoms in total. The molecule has 5 heteroatoms. The summed E-state index contributed by atoms with van der Waals surface area (Å²) in [6.07, 6.45) is 4.13. The minimum atomic E-state index is -3.14. The van der Waals surface area contributed by atoms with Crippen molar-refractivity contribution in [3.8, 4) is 12.3 Å². The Balaban J connectivity index is 2.43. The largest absolute Gasteiger partial charge is 0.444 e. The van der Waals surface area contributed by atoms with Crippen LogP contribution in [0.3, 0.4) is 0 Å². The summed E-state index contributed by atoms with van der Waals surface area (Å²) in [5, 5.41) is 0. The Kier molecular flexibility index (Phi) is 3.13. The van der Waals surface area contributed by atoms with Crippen LogP contribution in [0.1, 0.15) is 20.8 Å². The van der Waals surface area contributed by atoms with E-state index in [-0.39, 0.29) is 13.1 Å². The minimum Gasteiger partial charge on any atom is -0.444 e. The van der Waals surface area contributed by atoms with Gasteiger partial charge in [-0.15, -0.1) is 6.42 Å². The number of ether oxygens (including phenoxy) is 1. The zero-order valence-electron chi connectivity index (χ0n) is 9.59. The van der Waals surface area contributed by atoms with Gasteiger partial charge in [-0.1, -0.05) is 0 Å². The van der Waals surface area contributed by atoms with Crippen LogP contribution in [0.5, 0.6) is 0 Å². The molecule has 90 valence electrons. The van der Waals surface area contributed by atoms with Gasteiger partial charge in [0.2, 0.25) is 0 Å². The molecule has 0 aromatic heterocycles. The summed E-state index contributed by atoms with van der Waals surface area (Å²) >= 11 is 0. The standard InChI is InChI=1S/C11H15F2NO2/c1-5-11(12,13)8-6-14(7-8)9(15)16-10(2,3)4/h1,8H,6-7H2,2-4H3. The lowest BCUT2D eigenvalue weighted by molar-refractivity contribution is -0.0772. The number of carbonyl (C=O) groups is 1. The van der Waals surface area contributed by atoms with Crippen LogP contribution < -0.4 is 0 Å². The van der Waals surface area contributed by atoms with Crippen molar-refractivity contribution in [3.05, 3.63) is 0 Å². The van der Waals surface area contributed by atoms with Gasteiger partial charge in [0.25, 0.3) is 0 Å². The number of alkyl halides is 2. The Morgan fingerprint density at radius 1 is 1.44 bits per heavy atom. The van der Waals surface area contributed by atoms with Crippen LogP contribution in [0.15, 0.2) is 0 Å². The summed E-state index contributed by atoms with van der Waals surface area (Å²) in [7, 11) is 0. The second-order valence-corrected chi connectivity index (χ2v) is 4.85. The molecule has 0 N–H and O–H groups in total. The van der Waals surface area contributed by atoms with E-state index in [1.54, 1.807) is 20.8 Å². The summed E-state index contributed by atoms with van der Waals surface area (Å²) in [6, 6.07) is 0. The van der Waals surface area contributed by atoms with Gasteiger partial charge >= 0.3 is 12.0 Å². The maximum absolute atomic E-state index is 13.0. The number of hydrogen-bond donors (Lipinski definition) is 0. The van der Waals surface area contributed by atoms with Gasteiger partial charge in [0.05, 0.1) is 5.92 Å². The number of halogens is 2. The molecule has 0 spiro atoms. The lowest BCUT2D eigenvalue weighted by Crippen LogP contribution is -2.57. The van der Waals surface area contributed by atoms with Crippen molar-refractivity contribution < 1.29 is 18.3 Å². The number of hydrogen-bond acceptors (Lipinski definition) is 2. The van der Waals surface area contributed by atoms with Crippen LogP contribution in [0, 0.1) is 18.3 Å². The molecular weight excluding hydrogens is 216 g/mol. The Bertz CT molecular complexity index is 322. The molecule has 0 aromatic rings. The van der Waals surface area contributed by atoms with Crippen molar-refractivity contribution in [2.24, 2.45) is 5.92 Å². The Hall–Kier alpha value is -1.31. The van der Waals surface area contributed by atoms with Gasteiger partial charge < -0.3 is 9.64 Å². The highest BCUT2D eigenvalue weighted by atomic mass is 19.3. The number of nitrogens with zero attached hydrogens (tertiary/aromatic N) is 1. The zero-order valence-corrected chi connectivity index (χ0v) is 9.59. The zero-order chi connectivity index (χ0) is 12.6. The van der Waals surface area contributed by atoms with E-state index in [0.717, 1.165) is 0 Å². The van der Waals surface area contributed by atoms with Crippen LogP contribution >= 0.6 is 0 Å². The molecule has 16 heavy (non-hydrogen) atoms. The van der Waals surface area contributed by atoms with E-state index < -0.39 is 23.5 Å². The van der Waals surface area contributed by atoms with Gasteiger partial charge in [0.1, 0.15) is 5.60 Å². The molecule has 1 rings (SSSR count). The van der Waals surface area contributed by atoms with Crippen molar-refractivity contribution in [1.82, 2.24) is 4.90 Å². The SMILES string of the molecule is C#CC(F)(F)C1CN(C(=O)OC(C)(C)C)C1. The molecule has 0 radical (unpaired) electrons. The van der Waals surface area contributed by atoms with Crippen molar-refractivity contribution in [2.75, 3.05) is 13.1 Å².